The molecule has 1 N–H and O–H groups in total. The van der Waals surface area contributed by atoms with E-state index in [9.17, 15) is 13.6 Å². The molecule has 2 aromatic rings. The molecule has 0 saturated carbocycles. The zero-order chi connectivity index (χ0) is 16.1. The highest BCUT2D eigenvalue weighted by atomic mass is 19.1. The van der Waals surface area contributed by atoms with Gasteiger partial charge in [0.2, 0.25) is 5.91 Å². The molecule has 2 rings (SSSR count). The summed E-state index contributed by atoms with van der Waals surface area (Å²) in [5.41, 5.74) is 1.36. The molecule has 0 spiro atoms. The minimum Gasteiger partial charge on any atom is -0.494 e. The van der Waals surface area contributed by atoms with E-state index < -0.39 is 5.82 Å². The Morgan fingerprint density at radius 3 is 2.45 bits per heavy atom. The van der Waals surface area contributed by atoms with E-state index in [2.05, 4.69) is 5.32 Å². The molecule has 0 aromatic heterocycles. The van der Waals surface area contributed by atoms with Crippen LogP contribution in [0.1, 0.15) is 24.1 Å². The maximum absolute atomic E-state index is 13.7. The fourth-order valence-corrected chi connectivity index (χ4v) is 2.12. The molecule has 0 aliphatic heterocycles. The molecule has 0 saturated heterocycles. The van der Waals surface area contributed by atoms with E-state index in [-0.39, 0.29) is 29.9 Å². The summed E-state index contributed by atoms with van der Waals surface area (Å²) in [5.74, 6) is -0.866. The van der Waals surface area contributed by atoms with Crippen molar-refractivity contribution < 1.29 is 18.3 Å². The van der Waals surface area contributed by atoms with Crippen LogP contribution in [0, 0.1) is 11.6 Å². The van der Waals surface area contributed by atoms with Crippen molar-refractivity contribution in [2.75, 3.05) is 7.11 Å². The Hall–Kier alpha value is -2.43. The van der Waals surface area contributed by atoms with Crippen LogP contribution >= 0.6 is 0 Å². The van der Waals surface area contributed by atoms with E-state index in [0.29, 0.717) is 11.1 Å². The van der Waals surface area contributed by atoms with Crippen molar-refractivity contribution >= 4 is 5.91 Å². The van der Waals surface area contributed by atoms with Crippen molar-refractivity contribution in [3.8, 4) is 5.75 Å². The van der Waals surface area contributed by atoms with Crippen LogP contribution in [0.2, 0.25) is 0 Å². The maximum atomic E-state index is 13.7. The van der Waals surface area contributed by atoms with E-state index in [0.717, 1.165) is 0 Å². The summed E-state index contributed by atoms with van der Waals surface area (Å²) in [6.45, 7) is 1.77. The monoisotopic (exact) mass is 305 g/mol. The quantitative estimate of drug-likeness (QED) is 0.919. The molecule has 1 amide bonds. The van der Waals surface area contributed by atoms with Crippen LogP contribution < -0.4 is 10.1 Å². The first-order chi connectivity index (χ1) is 10.5. The zero-order valence-electron chi connectivity index (χ0n) is 12.4. The van der Waals surface area contributed by atoms with Gasteiger partial charge in [-0.3, -0.25) is 4.79 Å². The molecule has 0 aliphatic carbocycles. The first-order valence-electron chi connectivity index (χ1n) is 6.87. The number of halogens is 2. The molecular weight excluding hydrogens is 288 g/mol. The second-order valence-corrected chi connectivity index (χ2v) is 4.99. The number of methoxy groups -OCH3 is 1. The Kier molecular flexibility index (Phi) is 5.09. The number of ether oxygens (including phenoxy) is 1. The van der Waals surface area contributed by atoms with Gasteiger partial charge in [0.05, 0.1) is 19.6 Å². The van der Waals surface area contributed by atoms with E-state index >= 15 is 0 Å². The molecule has 0 aliphatic rings. The minimum absolute atomic E-state index is 0.142. The van der Waals surface area contributed by atoms with Crippen LogP contribution in [0.25, 0.3) is 0 Å². The molecule has 5 heteroatoms. The van der Waals surface area contributed by atoms with Crippen molar-refractivity contribution in [1.29, 1.82) is 0 Å². The summed E-state index contributed by atoms with van der Waals surface area (Å²) >= 11 is 0. The third-order valence-corrected chi connectivity index (χ3v) is 3.33. The van der Waals surface area contributed by atoms with Gasteiger partial charge in [-0.05, 0) is 42.3 Å². The molecule has 0 fully saturated rings. The second-order valence-electron chi connectivity index (χ2n) is 4.99. The Balaban J connectivity index is 1.98. The molecule has 3 nitrogen and oxygen atoms in total. The summed E-state index contributed by atoms with van der Waals surface area (Å²) < 4.78 is 31.3. The fraction of sp³-hybridized carbons (Fsp3) is 0.235. The first-order valence-corrected chi connectivity index (χ1v) is 6.87. The maximum Gasteiger partial charge on any atom is 0.224 e. The van der Waals surface area contributed by atoms with Crippen molar-refractivity contribution in [2.24, 2.45) is 0 Å². The van der Waals surface area contributed by atoms with Crippen LogP contribution in [0.4, 0.5) is 8.78 Å². The molecule has 22 heavy (non-hydrogen) atoms. The van der Waals surface area contributed by atoms with Crippen molar-refractivity contribution in [3.63, 3.8) is 0 Å². The third-order valence-electron chi connectivity index (χ3n) is 3.33. The Bertz CT molecular complexity index is 656. The topological polar surface area (TPSA) is 38.3 Å². The Labute approximate surface area is 127 Å². The normalized spacial score (nSPS) is 11.8. The summed E-state index contributed by atoms with van der Waals surface area (Å²) in [6, 6.07) is 9.96. The summed E-state index contributed by atoms with van der Waals surface area (Å²) in [5, 5.41) is 2.78. The van der Waals surface area contributed by atoms with Gasteiger partial charge in [0, 0.05) is 0 Å². The van der Waals surface area contributed by atoms with Crippen LogP contribution in [0.3, 0.4) is 0 Å². The predicted molar refractivity (Wildman–Crippen MR) is 79.6 cm³/mol. The molecule has 1 atom stereocenters. The van der Waals surface area contributed by atoms with Gasteiger partial charge in [-0.25, -0.2) is 8.78 Å². The van der Waals surface area contributed by atoms with Crippen molar-refractivity contribution in [3.05, 3.63) is 65.2 Å². The lowest BCUT2D eigenvalue weighted by Gasteiger charge is -2.15. The average molecular weight is 305 g/mol. The van der Waals surface area contributed by atoms with Gasteiger partial charge >= 0.3 is 0 Å². The Morgan fingerprint density at radius 1 is 1.18 bits per heavy atom. The molecule has 116 valence electrons. The van der Waals surface area contributed by atoms with Crippen LogP contribution in [-0.4, -0.2) is 13.0 Å². The largest absolute Gasteiger partial charge is 0.494 e. The number of rotatable bonds is 5. The molecule has 0 radical (unpaired) electrons. The Morgan fingerprint density at radius 2 is 1.86 bits per heavy atom. The SMILES string of the molecule is COc1ccc(C(C)NC(=O)Cc2ccc(F)cc2)cc1F. The fourth-order valence-electron chi connectivity index (χ4n) is 2.12. The number of nitrogens with one attached hydrogen (secondary N) is 1. The van der Waals surface area contributed by atoms with Gasteiger partial charge in [-0.1, -0.05) is 18.2 Å². The number of hydrogen-bond donors (Lipinski definition) is 1. The van der Waals surface area contributed by atoms with Gasteiger partial charge in [0.25, 0.3) is 0 Å². The highest BCUT2D eigenvalue weighted by Crippen LogP contribution is 2.21. The lowest BCUT2D eigenvalue weighted by Crippen LogP contribution is -2.28. The zero-order valence-corrected chi connectivity index (χ0v) is 12.4. The lowest BCUT2D eigenvalue weighted by molar-refractivity contribution is -0.121. The number of hydrogen-bond acceptors (Lipinski definition) is 2. The van der Waals surface area contributed by atoms with Crippen LogP contribution in [-0.2, 0) is 11.2 Å². The second kappa shape index (κ2) is 7.02. The highest BCUT2D eigenvalue weighted by molar-refractivity contribution is 5.79. The molecule has 0 bridgehead atoms. The molecular formula is C17H17F2NO2. The summed E-state index contributed by atoms with van der Waals surface area (Å²) in [6.07, 6.45) is 0.142. The van der Waals surface area contributed by atoms with E-state index in [1.807, 2.05) is 0 Å². The minimum atomic E-state index is -0.473. The highest BCUT2D eigenvalue weighted by Gasteiger charge is 2.12. The summed E-state index contributed by atoms with van der Waals surface area (Å²) in [4.78, 5) is 12.0. The third kappa shape index (κ3) is 4.04. The van der Waals surface area contributed by atoms with Gasteiger partial charge in [0.1, 0.15) is 5.82 Å². The number of carbonyl (C=O) groups is 1. The van der Waals surface area contributed by atoms with Gasteiger partial charge in [-0.15, -0.1) is 0 Å². The molecule has 1 unspecified atom stereocenters. The van der Waals surface area contributed by atoms with Gasteiger partial charge < -0.3 is 10.1 Å². The standard InChI is InChI=1S/C17H17F2NO2/c1-11(13-5-8-16(22-2)15(19)10-13)20-17(21)9-12-3-6-14(18)7-4-12/h3-8,10-11H,9H2,1-2H3,(H,20,21). The van der Waals surface area contributed by atoms with E-state index in [1.165, 1.54) is 31.4 Å². The average Bonchev–Trinajstić information content (AvgIpc) is 2.49. The number of carbonyl (C=O) groups excluding carboxylic acids is 1. The van der Waals surface area contributed by atoms with Crippen LogP contribution in [0.5, 0.6) is 5.75 Å². The van der Waals surface area contributed by atoms with Crippen molar-refractivity contribution in [1.82, 2.24) is 5.32 Å². The predicted octanol–water partition coefficient (Wildman–Crippen LogP) is 3.39. The number of amides is 1. The molecule has 2 aromatic carbocycles. The smallest absolute Gasteiger partial charge is 0.224 e. The number of benzene rings is 2. The van der Waals surface area contributed by atoms with Crippen LogP contribution in [0.15, 0.2) is 42.5 Å². The summed E-state index contributed by atoms with van der Waals surface area (Å²) in [7, 11) is 1.39. The van der Waals surface area contributed by atoms with Gasteiger partial charge in [0.15, 0.2) is 11.6 Å². The first kappa shape index (κ1) is 15.9. The molecule has 0 heterocycles. The van der Waals surface area contributed by atoms with E-state index in [4.69, 9.17) is 4.74 Å². The van der Waals surface area contributed by atoms with Gasteiger partial charge in [-0.2, -0.15) is 0 Å². The lowest BCUT2D eigenvalue weighted by atomic mass is 10.1. The van der Waals surface area contributed by atoms with E-state index in [1.54, 1.807) is 25.1 Å². The van der Waals surface area contributed by atoms with Crippen molar-refractivity contribution in [2.45, 2.75) is 19.4 Å².